The average molecular weight is 244 g/mol. The number of ether oxygens (including phenoxy) is 1. The molecule has 4 heteroatoms. The first kappa shape index (κ1) is 14.9. The monoisotopic (exact) mass is 244 g/mol. The van der Waals surface area contributed by atoms with E-state index in [1.807, 2.05) is 0 Å². The van der Waals surface area contributed by atoms with Gasteiger partial charge >= 0.3 is 0 Å². The number of aliphatic hydroxyl groups excluding tert-OH is 1. The smallest absolute Gasteiger partial charge is 0.0793 e. The molecule has 0 bridgehead atoms. The summed E-state index contributed by atoms with van der Waals surface area (Å²) in [6.45, 7) is 11.7. The number of nitrogens with zero attached hydrogens (tertiary/aromatic N) is 2. The molecule has 0 radical (unpaired) electrons. The van der Waals surface area contributed by atoms with Gasteiger partial charge in [0, 0.05) is 26.2 Å². The molecule has 1 aliphatic rings. The predicted molar refractivity (Wildman–Crippen MR) is 70.3 cm³/mol. The minimum absolute atomic E-state index is 0.230. The third-order valence-electron chi connectivity index (χ3n) is 3.12. The normalized spacial score (nSPS) is 19.8. The van der Waals surface area contributed by atoms with Gasteiger partial charge < -0.3 is 14.7 Å². The van der Waals surface area contributed by atoms with Crippen LogP contribution in [0.1, 0.15) is 26.7 Å². The first-order valence-corrected chi connectivity index (χ1v) is 6.96. The standard InChI is InChI=1S/C13H28N2O2/c1-3-5-14(6-4-2)11-13(16)12-15-7-9-17-10-8-15/h13,16H,3-12H2,1-2H3. The number of β-amino-alcohol motifs (C(OH)–C–C–N with tert-alkyl or cyclic N) is 1. The van der Waals surface area contributed by atoms with E-state index in [2.05, 4.69) is 23.6 Å². The lowest BCUT2D eigenvalue weighted by molar-refractivity contribution is 0.00693. The summed E-state index contributed by atoms with van der Waals surface area (Å²) < 4.78 is 5.31. The van der Waals surface area contributed by atoms with Gasteiger partial charge in [0.2, 0.25) is 0 Å². The zero-order valence-electron chi connectivity index (χ0n) is 11.4. The second kappa shape index (κ2) is 8.86. The summed E-state index contributed by atoms with van der Waals surface area (Å²) in [5, 5.41) is 10.1. The average Bonchev–Trinajstić information content (AvgIpc) is 2.30. The van der Waals surface area contributed by atoms with Gasteiger partial charge in [0.1, 0.15) is 0 Å². The molecule has 17 heavy (non-hydrogen) atoms. The van der Waals surface area contributed by atoms with Crippen LogP contribution in [-0.4, -0.2) is 73.5 Å². The Morgan fingerprint density at radius 2 is 1.76 bits per heavy atom. The van der Waals surface area contributed by atoms with Crippen molar-refractivity contribution in [3.8, 4) is 0 Å². The minimum atomic E-state index is -0.230. The summed E-state index contributed by atoms with van der Waals surface area (Å²) in [5.41, 5.74) is 0. The van der Waals surface area contributed by atoms with Gasteiger partial charge in [-0.2, -0.15) is 0 Å². The molecular formula is C13H28N2O2. The van der Waals surface area contributed by atoms with E-state index in [4.69, 9.17) is 4.74 Å². The van der Waals surface area contributed by atoms with Gasteiger partial charge in [0.25, 0.3) is 0 Å². The summed E-state index contributed by atoms with van der Waals surface area (Å²) >= 11 is 0. The van der Waals surface area contributed by atoms with E-state index in [0.717, 1.165) is 65.3 Å². The lowest BCUT2D eigenvalue weighted by Crippen LogP contribution is -2.44. The van der Waals surface area contributed by atoms with Gasteiger partial charge in [-0.25, -0.2) is 0 Å². The molecule has 0 aromatic rings. The van der Waals surface area contributed by atoms with Gasteiger partial charge in [-0.05, 0) is 25.9 Å². The Labute approximate surface area is 106 Å². The van der Waals surface area contributed by atoms with Crippen LogP contribution in [0.25, 0.3) is 0 Å². The van der Waals surface area contributed by atoms with Gasteiger partial charge in [-0.15, -0.1) is 0 Å². The second-order valence-corrected chi connectivity index (χ2v) is 4.87. The highest BCUT2D eigenvalue weighted by Gasteiger charge is 2.16. The maximum atomic E-state index is 10.1. The van der Waals surface area contributed by atoms with Crippen LogP contribution in [0.2, 0.25) is 0 Å². The Bertz CT molecular complexity index is 178. The molecule has 1 heterocycles. The molecule has 4 nitrogen and oxygen atoms in total. The third-order valence-corrected chi connectivity index (χ3v) is 3.12. The lowest BCUT2D eigenvalue weighted by atomic mass is 10.2. The summed E-state index contributed by atoms with van der Waals surface area (Å²) in [4.78, 5) is 4.66. The van der Waals surface area contributed by atoms with Crippen LogP contribution in [0.15, 0.2) is 0 Å². The Morgan fingerprint density at radius 1 is 1.18 bits per heavy atom. The molecule has 0 aromatic heterocycles. The SMILES string of the molecule is CCCN(CCC)CC(O)CN1CCOCC1. The zero-order valence-corrected chi connectivity index (χ0v) is 11.4. The molecular weight excluding hydrogens is 216 g/mol. The van der Waals surface area contributed by atoms with Gasteiger partial charge in [-0.1, -0.05) is 13.8 Å². The van der Waals surface area contributed by atoms with Crippen molar-refractivity contribution >= 4 is 0 Å². The zero-order chi connectivity index (χ0) is 12.5. The number of hydrogen-bond donors (Lipinski definition) is 1. The Hall–Kier alpha value is -0.160. The molecule has 1 unspecified atom stereocenters. The molecule has 0 aromatic carbocycles. The van der Waals surface area contributed by atoms with Crippen molar-refractivity contribution < 1.29 is 9.84 Å². The molecule has 0 spiro atoms. The first-order valence-electron chi connectivity index (χ1n) is 6.96. The molecule has 1 atom stereocenters. The third kappa shape index (κ3) is 6.36. The first-order chi connectivity index (χ1) is 8.26. The van der Waals surface area contributed by atoms with Gasteiger partial charge in [0.05, 0.1) is 19.3 Å². The number of rotatable bonds is 8. The van der Waals surface area contributed by atoms with Crippen LogP contribution >= 0.6 is 0 Å². The van der Waals surface area contributed by atoms with Crippen LogP contribution in [0.4, 0.5) is 0 Å². The maximum Gasteiger partial charge on any atom is 0.0793 e. The highest BCUT2D eigenvalue weighted by Crippen LogP contribution is 2.02. The van der Waals surface area contributed by atoms with Crippen molar-refractivity contribution in [3.63, 3.8) is 0 Å². The van der Waals surface area contributed by atoms with Crippen molar-refractivity contribution in [2.24, 2.45) is 0 Å². The fraction of sp³-hybridized carbons (Fsp3) is 1.00. The summed E-state index contributed by atoms with van der Waals surface area (Å²) in [5.74, 6) is 0. The fourth-order valence-corrected chi connectivity index (χ4v) is 2.36. The Balaban J connectivity index is 2.22. The van der Waals surface area contributed by atoms with E-state index in [9.17, 15) is 5.11 Å². The van der Waals surface area contributed by atoms with Crippen molar-refractivity contribution in [2.45, 2.75) is 32.8 Å². The molecule has 1 fully saturated rings. The van der Waals surface area contributed by atoms with Crippen LogP contribution < -0.4 is 0 Å². The minimum Gasteiger partial charge on any atom is -0.390 e. The van der Waals surface area contributed by atoms with Gasteiger partial charge in [0.15, 0.2) is 0 Å². The maximum absolute atomic E-state index is 10.1. The van der Waals surface area contributed by atoms with E-state index in [1.165, 1.54) is 0 Å². The number of morpholine rings is 1. The largest absolute Gasteiger partial charge is 0.390 e. The molecule has 1 aliphatic heterocycles. The molecule has 0 saturated carbocycles. The van der Waals surface area contributed by atoms with Gasteiger partial charge in [-0.3, -0.25) is 4.90 Å². The van der Waals surface area contributed by atoms with Crippen molar-refractivity contribution in [1.82, 2.24) is 9.80 Å². The van der Waals surface area contributed by atoms with E-state index < -0.39 is 0 Å². The molecule has 1 saturated heterocycles. The number of aliphatic hydroxyl groups is 1. The van der Waals surface area contributed by atoms with E-state index in [0.29, 0.717) is 0 Å². The van der Waals surface area contributed by atoms with E-state index >= 15 is 0 Å². The second-order valence-electron chi connectivity index (χ2n) is 4.87. The fourth-order valence-electron chi connectivity index (χ4n) is 2.36. The van der Waals surface area contributed by atoms with E-state index in [1.54, 1.807) is 0 Å². The quantitative estimate of drug-likeness (QED) is 0.685. The van der Waals surface area contributed by atoms with Crippen molar-refractivity contribution in [2.75, 3.05) is 52.5 Å². The molecule has 1 N–H and O–H groups in total. The highest BCUT2D eigenvalue weighted by atomic mass is 16.5. The van der Waals surface area contributed by atoms with E-state index in [-0.39, 0.29) is 6.10 Å². The predicted octanol–water partition coefficient (Wildman–Crippen LogP) is 0.802. The summed E-state index contributed by atoms with van der Waals surface area (Å²) in [7, 11) is 0. The summed E-state index contributed by atoms with van der Waals surface area (Å²) in [6.07, 6.45) is 2.08. The Morgan fingerprint density at radius 3 is 2.29 bits per heavy atom. The Kier molecular flexibility index (Phi) is 7.77. The summed E-state index contributed by atoms with van der Waals surface area (Å²) in [6, 6.07) is 0. The van der Waals surface area contributed by atoms with Crippen LogP contribution in [0, 0.1) is 0 Å². The molecule has 0 amide bonds. The van der Waals surface area contributed by atoms with Crippen molar-refractivity contribution in [1.29, 1.82) is 0 Å². The molecule has 0 aliphatic carbocycles. The van der Waals surface area contributed by atoms with Crippen molar-refractivity contribution in [3.05, 3.63) is 0 Å². The van der Waals surface area contributed by atoms with Crippen LogP contribution in [0.3, 0.4) is 0 Å². The molecule has 1 rings (SSSR count). The topological polar surface area (TPSA) is 35.9 Å². The highest BCUT2D eigenvalue weighted by molar-refractivity contribution is 4.71. The molecule has 102 valence electrons. The lowest BCUT2D eigenvalue weighted by Gasteiger charge is -2.31. The van der Waals surface area contributed by atoms with Crippen LogP contribution in [-0.2, 0) is 4.74 Å². The number of hydrogen-bond acceptors (Lipinski definition) is 4. The van der Waals surface area contributed by atoms with Crippen LogP contribution in [0.5, 0.6) is 0 Å².